The van der Waals surface area contributed by atoms with Gasteiger partial charge in [0.25, 0.3) is 0 Å². The van der Waals surface area contributed by atoms with E-state index in [1.54, 1.807) is 0 Å². The van der Waals surface area contributed by atoms with Gasteiger partial charge >= 0.3 is 0 Å². The van der Waals surface area contributed by atoms with Crippen LogP contribution in [0.3, 0.4) is 0 Å². The number of guanidine groups is 1. The lowest BCUT2D eigenvalue weighted by Gasteiger charge is -2.21. The minimum Gasteiger partial charge on any atom is -0.357 e. The Morgan fingerprint density at radius 3 is 2.69 bits per heavy atom. The Bertz CT molecular complexity index is 752. The lowest BCUT2D eigenvalue weighted by atomic mass is 10.1. The summed E-state index contributed by atoms with van der Waals surface area (Å²) in [5, 5.41) is 6.68. The molecule has 0 bridgehead atoms. The number of nitrogens with zero attached hydrogens (tertiary/aromatic N) is 3. The van der Waals surface area contributed by atoms with Crippen LogP contribution in [0.4, 0.5) is 0 Å². The maximum Gasteiger partial charge on any atom is 0.223 e. The van der Waals surface area contributed by atoms with E-state index in [2.05, 4.69) is 29.7 Å². The predicted molar refractivity (Wildman–Crippen MR) is 128 cm³/mol. The average Bonchev–Trinajstić information content (AvgIpc) is 3.03. The van der Waals surface area contributed by atoms with E-state index in [1.807, 2.05) is 28.0 Å². The van der Waals surface area contributed by atoms with E-state index < -0.39 is 0 Å². The number of likely N-dealkylation sites (tertiary alicyclic amines) is 2. The van der Waals surface area contributed by atoms with Gasteiger partial charge < -0.3 is 20.4 Å². The number of rotatable bonds is 10. The number of benzene rings is 1. The third-order valence-corrected chi connectivity index (χ3v) is 6.23. The lowest BCUT2D eigenvalue weighted by Crippen LogP contribution is -2.40. The number of aliphatic imine (C=N–C) groups is 1. The summed E-state index contributed by atoms with van der Waals surface area (Å²) in [5.74, 6) is 1.60. The Kier molecular flexibility index (Phi) is 9.85. The molecule has 2 saturated heterocycles. The molecule has 2 aliphatic heterocycles. The van der Waals surface area contributed by atoms with Crippen molar-refractivity contribution in [3.63, 3.8) is 0 Å². The normalized spacial score (nSPS) is 19.9. The quantitative estimate of drug-likeness (QED) is 0.332. The fraction of sp³-hybridized carbons (Fsp3) is 0.640. The van der Waals surface area contributed by atoms with Crippen LogP contribution in [-0.2, 0) is 16.0 Å². The standard InChI is InChI=1S/C25H39N5O2/c1-2-26-25(27-14-9-16-29-15-8-4-7-12-23(29)31)28-19-22-18-24(32)30(20-22)17-13-21-10-5-3-6-11-21/h3,5-6,10-11,22H,2,4,7-9,12-20H2,1H3,(H2,26,27,28). The Balaban J connectivity index is 1.39. The Labute approximate surface area is 192 Å². The first-order valence-corrected chi connectivity index (χ1v) is 12.3. The molecule has 0 radical (unpaired) electrons. The van der Waals surface area contributed by atoms with E-state index in [0.717, 1.165) is 77.3 Å². The van der Waals surface area contributed by atoms with Crippen molar-refractivity contribution in [1.82, 2.24) is 20.4 Å². The van der Waals surface area contributed by atoms with Crippen LogP contribution in [0.25, 0.3) is 0 Å². The summed E-state index contributed by atoms with van der Waals surface area (Å²) >= 11 is 0. The van der Waals surface area contributed by atoms with Crippen molar-refractivity contribution < 1.29 is 9.59 Å². The summed E-state index contributed by atoms with van der Waals surface area (Å²) in [5.41, 5.74) is 1.27. The zero-order valence-electron chi connectivity index (χ0n) is 19.5. The number of carbonyl (C=O) groups excluding carboxylic acids is 2. The molecule has 1 aromatic carbocycles. The van der Waals surface area contributed by atoms with E-state index in [0.29, 0.717) is 25.3 Å². The molecule has 2 N–H and O–H groups in total. The van der Waals surface area contributed by atoms with Gasteiger partial charge in [-0.25, -0.2) is 0 Å². The van der Waals surface area contributed by atoms with Gasteiger partial charge in [0.15, 0.2) is 5.96 Å². The molecule has 2 heterocycles. The Morgan fingerprint density at radius 2 is 1.88 bits per heavy atom. The minimum absolute atomic E-state index is 0.237. The monoisotopic (exact) mass is 441 g/mol. The Morgan fingerprint density at radius 1 is 1.03 bits per heavy atom. The molecular formula is C25H39N5O2. The zero-order chi connectivity index (χ0) is 22.6. The first-order chi connectivity index (χ1) is 15.7. The molecule has 0 saturated carbocycles. The molecule has 0 aromatic heterocycles. The molecule has 0 aliphatic carbocycles. The number of hydrogen-bond donors (Lipinski definition) is 2. The van der Waals surface area contributed by atoms with Crippen molar-refractivity contribution in [3.05, 3.63) is 35.9 Å². The summed E-state index contributed by atoms with van der Waals surface area (Å²) in [4.78, 5) is 33.2. The van der Waals surface area contributed by atoms with Crippen LogP contribution in [0.5, 0.6) is 0 Å². The third kappa shape index (κ3) is 7.84. The van der Waals surface area contributed by atoms with Crippen molar-refractivity contribution >= 4 is 17.8 Å². The highest BCUT2D eigenvalue weighted by molar-refractivity contribution is 5.80. The first-order valence-electron chi connectivity index (χ1n) is 12.3. The maximum atomic E-state index is 12.4. The molecule has 7 nitrogen and oxygen atoms in total. The van der Waals surface area contributed by atoms with Gasteiger partial charge in [0.2, 0.25) is 11.8 Å². The van der Waals surface area contributed by atoms with Gasteiger partial charge in [-0.3, -0.25) is 14.6 Å². The first kappa shape index (κ1) is 24.1. The van der Waals surface area contributed by atoms with Gasteiger partial charge in [0.1, 0.15) is 0 Å². The smallest absolute Gasteiger partial charge is 0.223 e. The Hall–Kier alpha value is -2.57. The molecule has 1 aromatic rings. The lowest BCUT2D eigenvalue weighted by molar-refractivity contribution is -0.130. The second kappa shape index (κ2) is 13.1. The highest BCUT2D eigenvalue weighted by atomic mass is 16.2. The maximum absolute atomic E-state index is 12.4. The summed E-state index contributed by atoms with van der Waals surface area (Å²) in [6, 6.07) is 10.3. The fourth-order valence-electron chi connectivity index (χ4n) is 4.41. The number of carbonyl (C=O) groups is 2. The molecule has 3 rings (SSSR count). The second-order valence-corrected chi connectivity index (χ2v) is 8.84. The van der Waals surface area contributed by atoms with Gasteiger partial charge in [-0.15, -0.1) is 0 Å². The van der Waals surface area contributed by atoms with E-state index in [1.165, 1.54) is 5.56 Å². The fourth-order valence-corrected chi connectivity index (χ4v) is 4.41. The van der Waals surface area contributed by atoms with Crippen molar-refractivity contribution in [2.75, 3.05) is 45.8 Å². The largest absolute Gasteiger partial charge is 0.357 e. The van der Waals surface area contributed by atoms with Crippen molar-refractivity contribution in [3.8, 4) is 0 Å². The van der Waals surface area contributed by atoms with Crippen LogP contribution in [0.15, 0.2) is 35.3 Å². The van der Waals surface area contributed by atoms with Crippen molar-refractivity contribution in [2.24, 2.45) is 10.9 Å². The summed E-state index contributed by atoms with van der Waals surface area (Å²) < 4.78 is 0. The van der Waals surface area contributed by atoms with Crippen LogP contribution in [-0.4, -0.2) is 73.4 Å². The molecular weight excluding hydrogens is 402 g/mol. The van der Waals surface area contributed by atoms with E-state index >= 15 is 0 Å². The SMILES string of the molecule is CCNC(=NCC1CC(=O)N(CCc2ccccc2)C1)NCCCN1CCCCCC1=O. The molecule has 2 aliphatic rings. The highest BCUT2D eigenvalue weighted by Crippen LogP contribution is 2.18. The number of nitrogens with one attached hydrogen (secondary N) is 2. The average molecular weight is 442 g/mol. The van der Waals surface area contributed by atoms with Crippen molar-refractivity contribution in [1.29, 1.82) is 0 Å². The van der Waals surface area contributed by atoms with E-state index in [4.69, 9.17) is 4.99 Å². The molecule has 32 heavy (non-hydrogen) atoms. The molecule has 0 spiro atoms. The highest BCUT2D eigenvalue weighted by Gasteiger charge is 2.29. The summed E-state index contributed by atoms with van der Waals surface area (Å²) in [6.07, 6.45) is 6.38. The van der Waals surface area contributed by atoms with Crippen LogP contribution in [0.2, 0.25) is 0 Å². The van der Waals surface area contributed by atoms with E-state index in [9.17, 15) is 9.59 Å². The predicted octanol–water partition coefficient (Wildman–Crippen LogP) is 2.43. The molecule has 1 unspecified atom stereocenters. The van der Waals surface area contributed by atoms with Crippen LogP contribution >= 0.6 is 0 Å². The minimum atomic E-state index is 0.237. The number of hydrogen-bond acceptors (Lipinski definition) is 3. The van der Waals surface area contributed by atoms with Gasteiger partial charge in [0, 0.05) is 64.6 Å². The molecule has 2 amide bonds. The van der Waals surface area contributed by atoms with Crippen molar-refractivity contribution in [2.45, 2.75) is 51.9 Å². The topological polar surface area (TPSA) is 77.0 Å². The van der Waals surface area contributed by atoms with E-state index in [-0.39, 0.29) is 11.8 Å². The molecule has 1 atom stereocenters. The second-order valence-electron chi connectivity index (χ2n) is 8.84. The van der Waals surface area contributed by atoms with Gasteiger partial charge in [-0.05, 0) is 38.2 Å². The van der Waals surface area contributed by atoms with Gasteiger partial charge in [-0.1, -0.05) is 36.8 Å². The summed E-state index contributed by atoms with van der Waals surface area (Å²) in [6.45, 7) is 7.53. The zero-order valence-corrected chi connectivity index (χ0v) is 19.5. The van der Waals surface area contributed by atoms with Crippen LogP contribution in [0, 0.1) is 5.92 Å². The van der Waals surface area contributed by atoms with Crippen LogP contribution in [0.1, 0.15) is 51.0 Å². The van der Waals surface area contributed by atoms with Gasteiger partial charge in [-0.2, -0.15) is 0 Å². The molecule has 176 valence electrons. The van der Waals surface area contributed by atoms with Gasteiger partial charge in [0.05, 0.1) is 0 Å². The molecule has 2 fully saturated rings. The summed E-state index contributed by atoms with van der Waals surface area (Å²) in [7, 11) is 0. The molecule has 7 heteroatoms. The third-order valence-electron chi connectivity index (χ3n) is 6.23. The number of amides is 2. The van der Waals surface area contributed by atoms with Crippen LogP contribution < -0.4 is 10.6 Å².